The number of nitrogens with one attached hydrogen (secondary N) is 12. The van der Waals surface area contributed by atoms with E-state index in [1.54, 1.807) is 24.3 Å². The third-order valence-corrected chi connectivity index (χ3v) is 18.3. The molecule has 0 aliphatic rings. The quantitative estimate of drug-likeness (QED) is 0.0127. The normalized spacial score (nSPS) is 11.8. The molecule has 21 N–H and O–H groups in total. The number of alkyl halides is 3. The summed E-state index contributed by atoms with van der Waals surface area (Å²) >= 11 is 0. The summed E-state index contributed by atoms with van der Waals surface area (Å²) in [5.74, 6) is -6.62. The predicted molar refractivity (Wildman–Crippen MR) is 444 cm³/mol. The van der Waals surface area contributed by atoms with Crippen LogP contribution < -0.4 is 81.0 Å². The van der Waals surface area contributed by atoms with Gasteiger partial charge < -0.3 is 96.3 Å². The van der Waals surface area contributed by atoms with Crippen LogP contribution in [0.4, 0.5) is 22.8 Å². The van der Waals surface area contributed by atoms with E-state index in [9.17, 15) is 71.3 Å². The number of hydrogen-bond acceptors (Lipinski definition) is 15. The van der Waals surface area contributed by atoms with Gasteiger partial charge in [-0.3, -0.25) is 43.3 Å². The maximum Gasteiger partial charge on any atom is 0.490 e. The lowest BCUT2D eigenvalue weighted by molar-refractivity contribution is -0.192. The average Bonchev–Trinajstić information content (AvgIpc) is 0.828. The van der Waals surface area contributed by atoms with Crippen LogP contribution in [0.25, 0.3) is 0 Å². The summed E-state index contributed by atoms with van der Waals surface area (Å²) in [5, 5.41) is 60.8. The Morgan fingerprint density at radius 3 is 0.941 bits per heavy atom. The van der Waals surface area contributed by atoms with E-state index >= 15 is 0 Å². The van der Waals surface area contributed by atoms with E-state index in [1.165, 1.54) is 24.3 Å². The van der Waals surface area contributed by atoms with Gasteiger partial charge in [0.2, 0.25) is 47.3 Å². The second-order valence-corrected chi connectivity index (χ2v) is 27.7. The predicted octanol–water partition coefficient (Wildman–Crippen LogP) is 5.49. The molecule has 0 aromatic heterocycles. The van der Waals surface area contributed by atoms with Gasteiger partial charge in [-0.05, 0) is 109 Å². The van der Waals surface area contributed by atoms with Crippen LogP contribution >= 0.6 is 0 Å². The Kier molecular flexibility index (Phi) is 45.5. The van der Waals surface area contributed by atoms with Crippen molar-refractivity contribution in [3.63, 3.8) is 0 Å². The van der Waals surface area contributed by atoms with Gasteiger partial charge in [0.25, 0.3) is 0 Å². The monoisotopic (exact) mass is 1650 g/mol. The Balaban J connectivity index is 0.00000344. The van der Waals surface area contributed by atoms with Crippen LogP contribution in [0.5, 0.6) is 11.5 Å². The molecule has 2 atom stereocenters. The van der Waals surface area contributed by atoms with Gasteiger partial charge in [0.05, 0.1) is 11.8 Å². The molecule has 0 saturated carbocycles. The first-order valence-corrected chi connectivity index (χ1v) is 39.7. The number of aliphatic carboxylic acids is 1. The standard InChI is InChI=1S/C82H112N18O12.C2HF3O2/c83-45-54-100(55-52-88-71(105)43-41-69(103)86-46-17-1-3-19-48-92-81(111)98-79(84)90-50-21-31-67(75(107)94-57-59-33-37-65(101)38-34-59)96-77(109)73(61-23-9-5-10-24-61)62-25-11-6-12-26-62)56-53-89-72(106)44-42-70(104)87-47-18-2-4-20-49-93-82(112)99-80(85)91-51-22-32-68(76(108)95-58-60-35-39-66(102)40-36-60)97-78(110)74(63-27-13-7-14-28-63)64-29-15-8-16-30-64;3-2(4,5)1(6)7/h5-16,23-30,33-40,67-68,73-74,101-102H,1-4,17-22,31-32,41-58,83H2,(H,86,103)(H,87,104)(H,88,105)(H,89,106)(H,94,107)(H,95,108)(H,96,109)(H,97,110)(H4,84,90,92,98,111)(H4,85,91,93,99,112);(H,6,7)/t67-,68-;/m1./s1. The van der Waals surface area contributed by atoms with E-state index in [2.05, 4.69) is 73.8 Å². The number of nitrogens with zero attached hydrogens (tertiary/aromatic N) is 3. The fourth-order valence-corrected chi connectivity index (χ4v) is 12.0. The molecule has 0 radical (unpaired) electrons. The van der Waals surface area contributed by atoms with Crippen molar-refractivity contribution in [3.8, 4) is 11.5 Å². The smallest absolute Gasteiger partial charge is 0.490 e. The van der Waals surface area contributed by atoms with Crippen molar-refractivity contribution in [3.05, 3.63) is 203 Å². The van der Waals surface area contributed by atoms with Crippen molar-refractivity contribution in [2.24, 2.45) is 27.2 Å². The minimum Gasteiger partial charge on any atom is -0.508 e. The van der Waals surface area contributed by atoms with Gasteiger partial charge in [-0.15, -0.1) is 0 Å². The molecule has 0 aliphatic carbocycles. The average molecular weight is 1660 g/mol. The Bertz CT molecular complexity index is 3810. The number of aliphatic imine (C=N–C) groups is 2. The van der Waals surface area contributed by atoms with Gasteiger partial charge in [0.15, 0.2) is 11.9 Å². The van der Waals surface area contributed by atoms with Crippen LogP contribution in [-0.4, -0.2) is 194 Å². The number of nitrogens with two attached hydrogens (primary N) is 3. The lowest BCUT2D eigenvalue weighted by Gasteiger charge is -2.23. The van der Waals surface area contributed by atoms with Crippen molar-refractivity contribution < 1.29 is 81.2 Å². The fraction of sp³-hybridized carbons (Fsp3) is 0.417. The number of carboxylic acid groups (broad SMARTS) is 1. The van der Waals surface area contributed by atoms with Gasteiger partial charge in [0.1, 0.15) is 23.6 Å². The molecule has 35 heteroatoms. The number of unbranched alkanes of at least 4 members (excludes halogenated alkanes) is 6. The van der Waals surface area contributed by atoms with Gasteiger partial charge in [0, 0.05) is 117 Å². The number of benzene rings is 6. The zero-order valence-electron chi connectivity index (χ0n) is 66.7. The highest BCUT2D eigenvalue weighted by atomic mass is 19.4. The lowest BCUT2D eigenvalue weighted by Crippen LogP contribution is -2.48. The maximum atomic E-state index is 14.0. The van der Waals surface area contributed by atoms with Gasteiger partial charge in [-0.2, -0.15) is 23.2 Å². The number of urea groups is 2. The molecule has 0 unspecified atom stereocenters. The summed E-state index contributed by atoms with van der Waals surface area (Å²) in [6, 6.07) is 47.1. The van der Waals surface area contributed by atoms with Gasteiger partial charge in [-0.1, -0.05) is 171 Å². The minimum absolute atomic E-state index is 0.0136. The third-order valence-electron chi connectivity index (χ3n) is 18.3. The molecule has 0 bridgehead atoms. The number of amides is 12. The van der Waals surface area contributed by atoms with Crippen LogP contribution in [0.3, 0.4) is 0 Å². The van der Waals surface area contributed by atoms with Crippen molar-refractivity contribution >= 4 is 77.2 Å². The summed E-state index contributed by atoms with van der Waals surface area (Å²) < 4.78 is 31.7. The zero-order chi connectivity index (χ0) is 86.4. The van der Waals surface area contributed by atoms with Crippen LogP contribution in [-0.2, 0) is 56.2 Å². The SMILES string of the molecule is NCCN(CCNC(=O)CCC(=O)NCCCCCCNC(=O)N=C(N)NCCC[C@@H](NC(=O)C(c1ccccc1)c1ccccc1)C(=O)NCc1ccc(O)cc1)CCNC(=O)CCC(=O)NCCCCCCNC(=O)N=C(N)NCCC[C@@H](NC(=O)C(c1ccccc1)c1ccccc1)C(=O)NCc1ccc(O)cc1.O=C(O)C(F)(F)F. The van der Waals surface area contributed by atoms with E-state index < -0.39 is 59.9 Å². The summed E-state index contributed by atoms with van der Waals surface area (Å²) in [6.07, 6.45) is 2.10. The molecular weight excluding hydrogens is 1540 g/mol. The molecule has 0 spiro atoms. The van der Waals surface area contributed by atoms with Crippen molar-refractivity contribution in [1.29, 1.82) is 0 Å². The number of phenols is 2. The molecule has 32 nitrogen and oxygen atoms in total. The Morgan fingerprint density at radius 2 is 0.647 bits per heavy atom. The fourth-order valence-electron chi connectivity index (χ4n) is 12.0. The van der Waals surface area contributed by atoms with Gasteiger partial charge in [-0.25, -0.2) is 14.4 Å². The van der Waals surface area contributed by atoms with E-state index in [-0.39, 0.29) is 124 Å². The second kappa shape index (κ2) is 55.8. The molecule has 0 saturated heterocycles. The number of phenolic OH excluding ortho intramolecular Hbond substituents is 2. The molecule has 0 heterocycles. The van der Waals surface area contributed by atoms with Crippen molar-refractivity contribution in [2.75, 3.05) is 78.5 Å². The summed E-state index contributed by atoms with van der Waals surface area (Å²) in [6.45, 7) is 4.90. The van der Waals surface area contributed by atoms with Gasteiger partial charge >= 0.3 is 24.2 Å². The van der Waals surface area contributed by atoms with Crippen LogP contribution in [0.1, 0.15) is 148 Å². The van der Waals surface area contributed by atoms with Crippen molar-refractivity contribution in [1.82, 2.24) is 68.7 Å². The molecule has 6 rings (SSSR count). The highest BCUT2D eigenvalue weighted by Crippen LogP contribution is 2.27. The molecule has 644 valence electrons. The highest BCUT2D eigenvalue weighted by molar-refractivity contribution is 5.95. The number of carbonyl (C=O) groups excluding carboxylic acids is 10. The molecule has 6 aromatic rings. The summed E-state index contributed by atoms with van der Waals surface area (Å²) in [7, 11) is 0. The number of halogens is 3. The number of carboxylic acids is 1. The van der Waals surface area contributed by atoms with Crippen LogP contribution in [0, 0.1) is 0 Å². The van der Waals surface area contributed by atoms with E-state index in [0.717, 1.165) is 59.1 Å². The van der Waals surface area contributed by atoms with E-state index in [4.69, 9.17) is 27.1 Å². The highest BCUT2D eigenvalue weighted by Gasteiger charge is 2.38. The largest absolute Gasteiger partial charge is 0.508 e. The lowest BCUT2D eigenvalue weighted by atomic mass is 9.90. The number of carbonyl (C=O) groups is 11. The topological polar surface area (TPSA) is 499 Å². The third kappa shape index (κ3) is 41.7. The summed E-state index contributed by atoms with van der Waals surface area (Å²) in [5.41, 5.74) is 22.5. The number of aromatic hydroxyl groups is 2. The minimum atomic E-state index is -5.08. The molecular formula is C84H113F3N18O14. The molecule has 6 aromatic carbocycles. The van der Waals surface area contributed by atoms with Crippen molar-refractivity contribution in [2.45, 2.75) is 146 Å². The second-order valence-electron chi connectivity index (χ2n) is 27.7. The number of guanidine groups is 2. The first-order valence-electron chi connectivity index (χ1n) is 39.7. The Labute approximate surface area is 690 Å². The molecule has 12 amide bonds. The summed E-state index contributed by atoms with van der Waals surface area (Å²) in [4.78, 5) is 149. The van der Waals surface area contributed by atoms with E-state index in [0.29, 0.717) is 104 Å². The zero-order valence-corrected chi connectivity index (χ0v) is 66.7. The first kappa shape index (κ1) is 96.9. The molecule has 0 fully saturated rings. The van der Waals surface area contributed by atoms with Crippen LogP contribution in [0.2, 0.25) is 0 Å². The first-order chi connectivity index (χ1) is 57.3. The Hall–Kier alpha value is -12.7. The number of hydrogen-bond donors (Lipinski definition) is 18. The van der Waals surface area contributed by atoms with E-state index in [1.807, 2.05) is 126 Å². The molecule has 0 aliphatic heterocycles. The number of rotatable bonds is 50. The van der Waals surface area contributed by atoms with Crippen LogP contribution in [0.15, 0.2) is 180 Å². The molecule has 119 heavy (non-hydrogen) atoms. The maximum absolute atomic E-state index is 14.0. The Morgan fingerprint density at radius 1 is 0.361 bits per heavy atom.